The van der Waals surface area contributed by atoms with E-state index in [0.717, 1.165) is 47.8 Å². The van der Waals surface area contributed by atoms with Crippen LogP contribution in [0.15, 0.2) is 6.07 Å². The molecule has 0 bridgehead atoms. The number of anilines is 1. The molecule has 26 heavy (non-hydrogen) atoms. The van der Waals surface area contributed by atoms with E-state index in [1.54, 1.807) is 39.6 Å². The summed E-state index contributed by atoms with van der Waals surface area (Å²) in [7, 11) is 4.81. The first kappa shape index (κ1) is 18.6. The fourth-order valence-corrected chi connectivity index (χ4v) is 4.26. The molecule has 0 spiro atoms. The Kier molecular flexibility index (Phi) is 5.70. The van der Waals surface area contributed by atoms with Crippen LogP contribution in [0.4, 0.5) is 5.13 Å². The first-order chi connectivity index (χ1) is 12.6. The lowest BCUT2D eigenvalue weighted by Gasteiger charge is -2.31. The van der Waals surface area contributed by atoms with Crippen molar-refractivity contribution in [2.75, 3.05) is 46.3 Å². The first-order valence-electron chi connectivity index (χ1n) is 8.66. The Morgan fingerprint density at radius 3 is 2.50 bits per heavy atom. The van der Waals surface area contributed by atoms with E-state index in [1.165, 1.54) is 0 Å². The minimum Gasteiger partial charge on any atom is -0.493 e. The second-order valence-corrected chi connectivity index (χ2v) is 7.34. The van der Waals surface area contributed by atoms with Crippen LogP contribution < -0.4 is 19.5 Å². The summed E-state index contributed by atoms with van der Waals surface area (Å²) >= 11 is 1.54. The number of hydrogen-bond donors (Lipinski definition) is 1. The molecule has 3 rings (SSSR count). The lowest BCUT2D eigenvalue weighted by molar-refractivity contribution is -0.130. The van der Waals surface area contributed by atoms with Crippen molar-refractivity contribution in [2.24, 2.45) is 5.92 Å². The molecule has 1 amide bonds. The third kappa shape index (κ3) is 3.65. The van der Waals surface area contributed by atoms with Gasteiger partial charge in [-0.3, -0.25) is 4.79 Å². The molecule has 0 saturated carbocycles. The number of ether oxygens (including phenoxy) is 3. The van der Waals surface area contributed by atoms with Gasteiger partial charge in [-0.15, -0.1) is 0 Å². The summed E-state index contributed by atoms with van der Waals surface area (Å²) in [5, 5.41) is 4.29. The molecule has 0 atom stereocenters. The molecule has 1 aromatic heterocycles. The molecular formula is C18H25N3O4S. The van der Waals surface area contributed by atoms with Crippen LogP contribution >= 0.6 is 11.3 Å². The van der Waals surface area contributed by atoms with E-state index >= 15 is 0 Å². The molecular weight excluding hydrogens is 354 g/mol. The molecule has 1 aliphatic rings. The zero-order valence-corrected chi connectivity index (χ0v) is 16.4. The number of nitrogens with one attached hydrogen (secondary N) is 1. The van der Waals surface area contributed by atoms with Crippen LogP contribution in [0.25, 0.3) is 10.2 Å². The standard InChI is InChI=1S/C18H25N3O4S/c1-11(22)21-7-5-12(6-8-21)10-19-18-20-13-9-14(23-2)15(24-3)16(25-4)17(13)26-18/h9,12H,5-8,10H2,1-4H3,(H,19,20). The molecule has 0 radical (unpaired) electrons. The highest BCUT2D eigenvalue weighted by atomic mass is 32.1. The molecule has 7 nitrogen and oxygen atoms in total. The number of amides is 1. The van der Waals surface area contributed by atoms with Crippen molar-refractivity contribution in [3.8, 4) is 17.2 Å². The molecule has 1 aliphatic heterocycles. The number of carbonyl (C=O) groups is 1. The van der Waals surface area contributed by atoms with Gasteiger partial charge in [0, 0.05) is 32.6 Å². The normalized spacial score (nSPS) is 15.2. The van der Waals surface area contributed by atoms with Crippen molar-refractivity contribution in [1.82, 2.24) is 9.88 Å². The average molecular weight is 379 g/mol. The van der Waals surface area contributed by atoms with Gasteiger partial charge in [-0.05, 0) is 18.8 Å². The molecule has 8 heteroatoms. The molecule has 1 fully saturated rings. The molecule has 1 N–H and O–H groups in total. The minimum atomic E-state index is 0.164. The van der Waals surface area contributed by atoms with Gasteiger partial charge in [-0.1, -0.05) is 11.3 Å². The number of aromatic nitrogens is 1. The van der Waals surface area contributed by atoms with E-state index in [1.807, 2.05) is 11.0 Å². The zero-order valence-electron chi connectivity index (χ0n) is 15.6. The van der Waals surface area contributed by atoms with Crippen LogP contribution in [0.5, 0.6) is 17.2 Å². The van der Waals surface area contributed by atoms with Crippen molar-refractivity contribution in [3.05, 3.63) is 6.07 Å². The monoisotopic (exact) mass is 379 g/mol. The number of rotatable bonds is 6. The Bertz CT molecular complexity index is 784. The third-order valence-corrected chi connectivity index (χ3v) is 5.82. The predicted molar refractivity (Wildman–Crippen MR) is 103 cm³/mol. The van der Waals surface area contributed by atoms with Gasteiger partial charge in [0.05, 0.1) is 26.8 Å². The Morgan fingerprint density at radius 1 is 1.23 bits per heavy atom. The molecule has 1 saturated heterocycles. The highest BCUT2D eigenvalue weighted by molar-refractivity contribution is 7.22. The molecule has 142 valence electrons. The van der Waals surface area contributed by atoms with Crippen LogP contribution in [0.3, 0.4) is 0 Å². The van der Waals surface area contributed by atoms with Gasteiger partial charge in [0.25, 0.3) is 0 Å². The second-order valence-electron chi connectivity index (χ2n) is 6.34. The fourth-order valence-electron chi connectivity index (χ4n) is 3.29. The smallest absolute Gasteiger partial charge is 0.219 e. The van der Waals surface area contributed by atoms with Crippen LogP contribution in [0, 0.1) is 5.92 Å². The fraction of sp³-hybridized carbons (Fsp3) is 0.556. The molecule has 1 aromatic carbocycles. The molecule has 0 aliphatic carbocycles. The number of hydrogen-bond acceptors (Lipinski definition) is 7. The Hall–Kier alpha value is -2.22. The predicted octanol–water partition coefficient (Wildman–Crippen LogP) is 2.99. The van der Waals surface area contributed by atoms with Gasteiger partial charge in [0.1, 0.15) is 4.70 Å². The maximum Gasteiger partial charge on any atom is 0.219 e. The first-order valence-corrected chi connectivity index (χ1v) is 9.47. The zero-order chi connectivity index (χ0) is 18.7. The minimum absolute atomic E-state index is 0.164. The van der Waals surface area contributed by atoms with Crippen molar-refractivity contribution in [1.29, 1.82) is 0 Å². The summed E-state index contributed by atoms with van der Waals surface area (Å²) in [6.07, 6.45) is 2.03. The number of carbonyl (C=O) groups excluding carboxylic acids is 1. The summed E-state index contributed by atoms with van der Waals surface area (Å²) in [4.78, 5) is 18.0. The van der Waals surface area contributed by atoms with Gasteiger partial charge < -0.3 is 24.4 Å². The topological polar surface area (TPSA) is 72.9 Å². The highest BCUT2D eigenvalue weighted by Gasteiger charge is 2.22. The van der Waals surface area contributed by atoms with Gasteiger partial charge in [0.15, 0.2) is 16.6 Å². The van der Waals surface area contributed by atoms with Crippen LogP contribution in [0.1, 0.15) is 19.8 Å². The SMILES string of the molecule is COc1cc2nc(NCC3CCN(C(C)=O)CC3)sc2c(OC)c1OC. The maximum atomic E-state index is 11.4. The van der Waals surface area contributed by atoms with Gasteiger partial charge in [-0.25, -0.2) is 4.98 Å². The van der Waals surface area contributed by atoms with Gasteiger partial charge >= 0.3 is 0 Å². The van der Waals surface area contributed by atoms with Gasteiger partial charge in [-0.2, -0.15) is 0 Å². The van der Waals surface area contributed by atoms with Crippen molar-refractivity contribution in [2.45, 2.75) is 19.8 Å². The number of fused-ring (bicyclic) bond motifs is 1. The summed E-state index contributed by atoms with van der Waals surface area (Å²) in [6, 6.07) is 1.86. The maximum absolute atomic E-state index is 11.4. The number of methoxy groups -OCH3 is 3. The Labute approximate surface area is 157 Å². The number of likely N-dealkylation sites (tertiary alicyclic amines) is 1. The summed E-state index contributed by atoms with van der Waals surface area (Å²) < 4.78 is 17.3. The average Bonchev–Trinajstić information content (AvgIpc) is 3.07. The molecule has 2 aromatic rings. The number of thiazole rings is 1. The van der Waals surface area contributed by atoms with E-state index in [-0.39, 0.29) is 5.91 Å². The summed E-state index contributed by atoms with van der Waals surface area (Å²) in [6.45, 7) is 4.16. The summed E-state index contributed by atoms with van der Waals surface area (Å²) in [5.41, 5.74) is 0.818. The summed E-state index contributed by atoms with van der Waals surface area (Å²) in [5.74, 6) is 2.53. The number of benzene rings is 1. The van der Waals surface area contributed by atoms with Crippen molar-refractivity contribution >= 4 is 32.6 Å². The van der Waals surface area contributed by atoms with Crippen LogP contribution in [-0.4, -0.2) is 56.8 Å². The van der Waals surface area contributed by atoms with Crippen LogP contribution in [-0.2, 0) is 4.79 Å². The molecule has 2 heterocycles. The Balaban J connectivity index is 1.72. The van der Waals surface area contributed by atoms with E-state index in [9.17, 15) is 4.79 Å². The third-order valence-electron chi connectivity index (χ3n) is 4.79. The van der Waals surface area contributed by atoms with E-state index in [4.69, 9.17) is 14.2 Å². The Morgan fingerprint density at radius 2 is 1.92 bits per heavy atom. The quantitative estimate of drug-likeness (QED) is 0.832. The van der Waals surface area contributed by atoms with E-state index in [0.29, 0.717) is 23.2 Å². The highest BCUT2D eigenvalue weighted by Crippen LogP contribution is 2.46. The lowest BCUT2D eigenvalue weighted by Crippen LogP contribution is -2.38. The van der Waals surface area contributed by atoms with Crippen molar-refractivity contribution < 1.29 is 19.0 Å². The number of nitrogens with zero attached hydrogens (tertiary/aromatic N) is 2. The van der Waals surface area contributed by atoms with Crippen LogP contribution in [0.2, 0.25) is 0 Å². The van der Waals surface area contributed by atoms with E-state index in [2.05, 4.69) is 10.3 Å². The van der Waals surface area contributed by atoms with Gasteiger partial charge in [0.2, 0.25) is 11.7 Å². The van der Waals surface area contributed by atoms with Crippen molar-refractivity contribution in [3.63, 3.8) is 0 Å². The number of piperidine rings is 1. The van der Waals surface area contributed by atoms with E-state index < -0.39 is 0 Å². The molecule has 0 unspecified atom stereocenters. The largest absolute Gasteiger partial charge is 0.493 e. The second kappa shape index (κ2) is 7.99. The lowest BCUT2D eigenvalue weighted by atomic mass is 9.97.